The summed E-state index contributed by atoms with van der Waals surface area (Å²) >= 11 is 0. The van der Waals surface area contributed by atoms with E-state index in [1.807, 2.05) is 44.2 Å². The highest BCUT2D eigenvalue weighted by Gasteiger charge is 2.30. The lowest BCUT2D eigenvalue weighted by molar-refractivity contribution is -0.893. The predicted octanol–water partition coefficient (Wildman–Crippen LogP) is -0.597. The first-order chi connectivity index (χ1) is 10.0. The van der Waals surface area contributed by atoms with Crippen LogP contribution >= 0.6 is 0 Å². The monoisotopic (exact) mass is 292 g/mol. The van der Waals surface area contributed by atoms with Gasteiger partial charge in [0.25, 0.3) is 0 Å². The molecule has 0 spiro atoms. The quantitative estimate of drug-likeness (QED) is 0.508. The lowest BCUT2D eigenvalue weighted by Gasteiger charge is -2.27. The van der Waals surface area contributed by atoms with Gasteiger partial charge in [-0.2, -0.15) is 0 Å². The van der Waals surface area contributed by atoms with Crippen molar-refractivity contribution in [2.24, 2.45) is 5.92 Å². The van der Waals surface area contributed by atoms with Crippen molar-refractivity contribution in [2.75, 3.05) is 32.8 Å². The van der Waals surface area contributed by atoms with Gasteiger partial charge in [0.1, 0.15) is 19.6 Å². The number of nitrogens with one attached hydrogen (secondary N) is 1. The summed E-state index contributed by atoms with van der Waals surface area (Å²) in [5.41, 5.74) is -0.386. The van der Waals surface area contributed by atoms with Crippen LogP contribution in [0, 0.1) is 17.8 Å². The highest BCUT2D eigenvalue weighted by atomic mass is 16.3. The summed E-state index contributed by atoms with van der Waals surface area (Å²) in [6.07, 6.45) is 0. The molecule has 21 heavy (non-hydrogen) atoms. The van der Waals surface area contributed by atoms with Crippen molar-refractivity contribution in [3.05, 3.63) is 35.9 Å². The Morgan fingerprint density at radius 1 is 1.10 bits per heavy atom. The molecule has 1 rings (SSSR count). The van der Waals surface area contributed by atoms with Crippen LogP contribution in [0.1, 0.15) is 19.4 Å². The summed E-state index contributed by atoms with van der Waals surface area (Å²) in [5, 5.41) is 28.8. The maximum atomic E-state index is 10.9. The topological polar surface area (TPSA) is 65.1 Å². The second kappa shape index (κ2) is 8.81. The van der Waals surface area contributed by atoms with E-state index in [2.05, 4.69) is 11.8 Å². The van der Waals surface area contributed by atoms with E-state index < -0.39 is 5.60 Å². The number of quaternary nitrogens is 1. The molecule has 1 aromatic carbocycles. The fourth-order valence-electron chi connectivity index (χ4n) is 2.16. The van der Waals surface area contributed by atoms with Gasteiger partial charge in [0.05, 0.1) is 13.2 Å². The maximum absolute atomic E-state index is 10.9. The van der Waals surface area contributed by atoms with Crippen molar-refractivity contribution in [3.8, 4) is 11.8 Å². The molecule has 116 valence electrons. The highest BCUT2D eigenvalue weighted by Crippen LogP contribution is 2.28. The fourth-order valence-corrected chi connectivity index (χ4v) is 2.16. The Balaban J connectivity index is 2.87. The molecule has 4 nitrogen and oxygen atoms in total. The minimum Gasteiger partial charge on any atom is -0.391 e. The van der Waals surface area contributed by atoms with E-state index in [0.29, 0.717) is 19.6 Å². The molecule has 4 heteroatoms. The van der Waals surface area contributed by atoms with E-state index in [4.69, 9.17) is 10.2 Å². The zero-order chi connectivity index (χ0) is 15.7. The van der Waals surface area contributed by atoms with Crippen LogP contribution in [-0.4, -0.2) is 48.2 Å². The van der Waals surface area contributed by atoms with Crippen LogP contribution in [-0.2, 0) is 5.60 Å². The standard InChI is InChI=1S/C17H25NO3/c1-15(2)17(21,16-7-4-3-5-8-16)9-6-10-18(11-13-19)12-14-20/h3-5,7-8,15,19-21H,10-14H2,1-2H3/p+1/t17-/m0/s1. The Hall–Kier alpha value is -1.38. The van der Waals surface area contributed by atoms with Crippen molar-refractivity contribution < 1.29 is 20.2 Å². The van der Waals surface area contributed by atoms with Crippen LogP contribution in [0.4, 0.5) is 0 Å². The second-order valence-electron chi connectivity index (χ2n) is 5.46. The molecule has 0 saturated carbocycles. The molecule has 1 aromatic rings. The van der Waals surface area contributed by atoms with E-state index in [0.717, 1.165) is 10.5 Å². The van der Waals surface area contributed by atoms with Crippen molar-refractivity contribution in [2.45, 2.75) is 19.4 Å². The smallest absolute Gasteiger partial charge is 0.153 e. The molecule has 0 bridgehead atoms. The number of benzene rings is 1. The van der Waals surface area contributed by atoms with E-state index in [9.17, 15) is 5.11 Å². The van der Waals surface area contributed by atoms with Crippen LogP contribution in [0.3, 0.4) is 0 Å². The second-order valence-corrected chi connectivity index (χ2v) is 5.46. The van der Waals surface area contributed by atoms with E-state index in [1.165, 1.54) is 0 Å². The van der Waals surface area contributed by atoms with Gasteiger partial charge in [-0.25, -0.2) is 0 Å². The Morgan fingerprint density at radius 2 is 1.67 bits per heavy atom. The van der Waals surface area contributed by atoms with E-state index >= 15 is 0 Å². The van der Waals surface area contributed by atoms with Crippen molar-refractivity contribution >= 4 is 0 Å². The third-order valence-electron chi connectivity index (χ3n) is 3.60. The molecule has 0 amide bonds. The van der Waals surface area contributed by atoms with Gasteiger partial charge in [0, 0.05) is 0 Å². The summed E-state index contributed by atoms with van der Waals surface area (Å²) in [6, 6.07) is 9.44. The average molecular weight is 292 g/mol. The SMILES string of the molecule is CC(C)[C@@](O)(C#CC[NH+](CCO)CCO)c1ccccc1. The van der Waals surface area contributed by atoms with Gasteiger partial charge in [-0.1, -0.05) is 50.1 Å². The number of hydrogen-bond acceptors (Lipinski definition) is 3. The minimum atomic E-state index is -1.18. The molecular formula is C17H26NO3+. The molecule has 4 N–H and O–H groups in total. The predicted molar refractivity (Wildman–Crippen MR) is 82.7 cm³/mol. The summed E-state index contributed by atoms with van der Waals surface area (Å²) in [7, 11) is 0. The molecule has 1 atom stereocenters. The van der Waals surface area contributed by atoms with Gasteiger partial charge < -0.3 is 20.2 Å². The average Bonchev–Trinajstić information content (AvgIpc) is 2.48. The van der Waals surface area contributed by atoms with Crippen LogP contribution in [0.5, 0.6) is 0 Å². The van der Waals surface area contributed by atoms with E-state index in [-0.39, 0.29) is 19.1 Å². The molecule has 0 aliphatic carbocycles. The molecule has 0 heterocycles. The van der Waals surface area contributed by atoms with Gasteiger partial charge in [0.15, 0.2) is 5.60 Å². The normalized spacial score (nSPS) is 13.9. The number of rotatable bonds is 7. The lowest BCUT2D eigenvalue weighted by Crippen LogP contribution is -3.12. The van der Waals surface area contributed by atoms with Crippen LogP contribution in [0.25, 0.3) is 0 Å². The Morgan fingerprint density at radius 3 is 2.14 bits per heavy atom. The Bertz CT molecular complexity index is 458. The molecule has 0 aromatic heterocycles. The maximum Gasteiger partial charge on any atom is 0.153 e. The summed E-state index contributed by atoms with van der Waals surface area (Å²) in [5.74, 6) is 5.96. The Labute approximate surface area is 127 Å². The van der Waals surface area contributed by atoms with Gasteiger partial charge in [0.2, 0.25) is 0 Å². The molecule has 0 aliphatic heterocycles. The first-order valence-corrected chi connectivity index (χ1v) is 7.37. The van der Waals surface area contributed by atoms with Crippen LogP contribution < -0.4 is 4.90 Å². The summed E-state index contributed by atoms with van der Waals surface area (Å²) in [4.78, 5) is 1.01. The third-order valence-corrected chi connectivity index (χ3v) is 3.60. The van der Waals surface area contributed by atoms with E-state index in [1.54, 1.807) is 0 Å². The van der Waals surface area contributed by atoms with Gasteiger partial charge in [-0.05, 0) is 17.4 Å². The van der Waals surface area contributed by atoms with Gasteiger partial charge in [-0.3, -0.25) is 0 Å². The number of aliphatic hydroxyl groups excluding tert-OH is 2. The highest BCUT2D eigenvalue weighted by molar-refractivity contribution is 5.32. The molecule has 0 radical (unpaired) electrons. The molecule has 0 saturated heterocycles. The zero-order valence-electron chi connectivity index (χ0n) is 12.8. The zero-order valence-corrected chi connectivity index (χ0v) is 12.8. The largest absolute Gasteiger partial charge is 0.391 e. The molecule has 0 aliphatic rings. The third kappa shape index (κ3) is 5.14. The molecular weight excluding hydrogens is 266 g/mol. The fraction of sp³-hybridized carbons (Fsp3) is 0.529. The molecule has 0 unspecified atom stereocenters. The first kappa shape index (κ1) is 17.7. The van der Waals surface area contributed by atoms with Crippen LogP contribution in [0.2, 0.25) is 0 Å². The summed E-state index contributed by atoms with van der Waals surface area (Å²) in [6.45, 7) is 5.57. The number of hydrogen-bond donors (Lipinski definition) is 4. The number of aliphatic hydroxyl groups is 3. The van der Waals surface area contributed by atoms with Crippen molar-refractivity contribution in [1.82, 2.24) is 0 Å². The van der Waals surface area contributed by atoms with Gasteiger partial charge in [-0.15, -0.1) is 0 Å². The molecule has 0 fully saturated rings. The van der Waals surface area contributed by atoms with Crippen molar-refractivity contribution in [3.63, 3.8) is 0 Å². The summed E-state index contributed by atoms with van der Waals surface area (Å²) < 4.78 is 0. The Kier molecular flexibility index (Phi) is 7.41. The van der Waals surface area contributed by atoms with Gasteiger partial charge >= 0.3 is 0 Å². The minimum absolute atomic E-state index is 0.0356. The van der Waals surface area contributed by atoms with Crippen molar-refractivity contribution in [1.29, 1.82) is 0 Å². The lowest BCUT2D eigenvalue weighted by atomic mass is 9.84. The first-order valence-electron chi connectivity index (χ1n) is 7.37. The van der Waals surface area contributed by atoms with Crippen LogP contribution in [0.15, 0.2) is 30.3 Å².